The number of benzene rings is 1. The van der Waals surface area contributed by atoms with Crippen LogP contribution in [0.25, 0.3) is 0 Å². The molecule has 0 atom stereocenters. The summed E-state index contributed by atoms with van der Waals surface area (Å²) >= 11 is 0. The van der Waals surface area contributed by atoms with E-state index >= 15 is 0 Å². The number of hydrogen-bond acceptors (Lipinski definition) is 4. The number of nitrogens with zero attached hydrogens (tertiary/aromatic N) is 3. The standard InChI is InChI=1S/C13H18N4O/c1-2-3-13-12(8-14)15-16-17(13)9-10-4-6-11(18)7-5-10/h4-7,18H,2-3,8-9,14H2,1H3. The highest BCUT2D eigenvalue weighted by atomic mass is 16.3. The molecule has 18 heavy (non-hydrogen) atoms. The van der Waals surface area contributed by atoms with Crippen LogP contribution in [0.3, 0.4) is 0 Å². The normalized spacial score (nSPS) is 10.8. The number of nitrogens with two attached hydrogens (primary N) is 1. The second-order valence-corrected chi connectivity index (χ2v) is 4.26. The van der Waals surface area contributed by atoms with Gasteiger partial charge in [-0.25, -0.2) is 4.68 Å². The Morgan fingerprint density at radius 2 is 2.00 bits per heavy atom. The van der Waals surface area contributed by atoms with Crippen molar-refractivity contribution in [3.63, 3.8) is 0 Å². The van der Waals surface area contributed by atoms with Gasteiger partial charge in [-0.1, -0.05) is 30.7 Å². The van der Waals surface area contributed by atoms with Crippen molar-refractivity contribution in [1.29, 1.82) is 0 Å². The van der Waals surface area contributed by atoms with Gasteiger partial charge in [0.1, 0.15) is 5.75 Å². The summed E-state index contributed by atoms with van der Waals surface area (Å²) in [4.78, 5) is 0. The molecule has 0 saturated carbocycles. The van der Waals surface area contributed by atoms with E-state index in [2.05, 4.69) is 17.2 Å². The van der Waals surface area contributed by atoms with E-state index in [4.69, 9.17) is 5.73 Å². The van der Waals surface area contributed by atoms with Crippen molar-refractivity contribution in [2.24, 2.45) is 5.73 Å². The summed E-state index contributed by atoms with van der Waals surface area (Å²) in [5, 5.41) is 17.5. The summed E-state index contributed by atoms with van der Waals surface area (Å²) in [6, 6.07) is 7.12. The summed E-state index contributed by atoms with van der Waals surface area (Å²) in [6.07, 6.45) is 1.97. The van der Waals surface area contributed by atoms with Gasteiger partial charge in [-0.2, -0.15) is 0 Å². The highest BCUT2D eigenvalue weighted by molar-refractivity contribution is 5.26. The van der Waals surface area contributed by atoms with Gasteiger partial charge in [-0.15, -0.1) is 5.10 Å². The largest absolute Gasteiger partial charge is 0.508 e. The molecule has 0 amide bonds. The van der Waals surface area contributed by atoms with Gasteiger partial charge in [0.15, 0.2) is 0 Å². The molecule has 1 aromatic carbocycles. The molecule has 5 nitrogen and oxygen atoms in total. The van der Waals surface area contributed by atoms with E-state index in [1.165, 1.54) is 0 Å². The van der Waals surface area contributed by atoms with Gasteiger partial charge < -0.3 is 10.8 Å². The molecule has 1 aromatic heterocycles. The topological polar surface area (TPSA) is 77.0 Å². The Balaban J connectivity index is 2.22. The average molecular weight is 246 g/mol. The zero-order valence-corrected chi connectivity index (χ0v) is 10.5. The molecule has 5 heteroatoms. The predicted octanol–water partition coefficient (Wildman–Crippen LogP) is 1.44. The number of aromatic nitrogens is 3. The molecule has 2 rings (SSSR count). The van der Waals surface area contributed by atoms with Gasteiger partial charge in [-0.05, 0) is 24.1 Å². The molecule has 0 aliphatic heterocycles. The zero-order chi connectivity index (χ0) is 13.0. The molecule has 0 bridgehead atoms. The lowest BCUT2D eigenvalue weighted by Gasteiger charge is -2.07. The minimum atomic E-state index is 0.272. The maximum atomic E-state index is 9.25. The van der Waals surface area contributed by atoms with E-state index in [0.717, 1.165) is 29.8 Å². The third kappa shape index (κ3) is 2.68. The Labute approximate surface area is 106 Å². The van der Waals surface area contributed by atoms with Crippen LogP contribution in [0.15, 0.2) is 24.3 Å². The molecule has 0 spiro atoms. The number of aromatic hydroxyl groups is 1. The molecular weight excluding hydrogens is 228 g/mol. The number of phenolic OH excluding ortho intramolecular Hbond substituents is 1. The van der Waals surface area contributed by atoms with E-state index in [0.29, 0.717) is 13.1 Å². The van der Waals surface area contributed by atoms with Crippen molar-refractivity contribution in [2.75, 3.05) is 0 Å². The molecular formula is C13H18N4O. The monoisotopic (exact) mass is 246 g/mol. The summed E-state index contributed by atoms with van der Waals surface area (Å²) in [7, 11) is 0. The lowest BCUT2D eigenvalue weighted by molar-refractivity contribution is 0.475. The highest BCUT2D eigenvalue weighted by Gasteiger charge is 2.10. The summed E-state index contributed by atoms with van der Waals surface area (Å²) in [5.74, 6) is 0.272. The van der Waals surface area contributed by atoms with Crippen LogP contribution in [0.2, 0.25) is 0 Å². The van der Waals surface area contributed by atoms with Crippen molar-refractivity contribution < 1.29 is 5.11 Å². The van der Waals surface area contributed by atoms with Crippen molar-refractivity contribution in [2.45, 2.75) is 32.9 Å². The van der Waals surface area contributed by atoms with Crippen LogP contribution in [0, 0.1) is 0 Å². The Morgan fingerprint density at radius 1 is 1.28 bits per heavy atom. The van der Waals surface area contributed by atoms with E-state index < -0.39 is 0 Å². The van der Waals surface area contributed by atoms with Gasteiger partial charge in [0, 0.05) is 6.54 Å². The van der Waals surface area contributed by atoms with E-state index in [-0.39, 0.29) is 5.75 Å². The van der Waals surface area contributed by atoms with Gasteiger partial charge >= 0.3 is 0 Å². The van der Waals surface area contributed by atoms with Crippen LogP contribution in [0.1, 0.15) is 30.3 Å². The maximum absolute atomic E-state index is 9.25. The maximum Gasteiger partial charge on any atom is 0.115 e. The molecule has 0 fully saturated rings. The second kappa shape index (κ2) is 5.64. The molecule has 0 radical (unpaired) electrons. The van der Waals surface area contributed by atoms with Crippen LogP contribution in [-0.4, -0.2) is 20.1 Å². The van der Waals surface area contributed by atoms with Crippen molar-refractivity contribution in [1.82, 2.24) is 15.0 Å². The van der Waals surface area contributed by atoms with Crippen molar-refractivity contribution in [3.8, 4) is 5.75 Å². The zero-order valence-electron chi connectivity index (χ0n) is 10.5. The fourth-order valence-electron chi connectivity index (χ4n) is 1.94. The SMILES string of the molecule is CCCc1c(CN)nnn1Cc1ccc(O)cc1. The number of hydrogen-bond donors (Lipinski definition) is 2. The fourth-order valence-corrected chi connectivity index (χ4v) is 1.94. The van der Waals surface area contributed by atoms with Crippen LogP contribution in [0.5, 0.6) is 5.75 Å². The van der Waals surface area contributed by atoms with E-state index in [1.807, 2.05) is 16.8 Å². The highest BCUT2D eigenvalue weighted by Crippen LogP contribution is 2.13. The van der Waals surface area contributed by atoms with Crippen LogP contribution >= 0.6 is 0 Å². The Bertz CT molecular complexity index is 504. The van der Waals surface area contributed by atoms with Gasteiger partial charge in [0.25, 0.3) is 0 Å². The first-order chi connectivity index (χ1) is 8.74. The first-order valence-corrected chi connectivity index (χ1v) is 6.13. The Morgan fingerprint density at radius 3 is 2.61 bits per heavy atom. The Hall–Kier alpha value is -1.88. The quantitative estimate of drug-likeness (QED) is 0.837. The third-order valence-electron chi connectivity index (χ3n) is 2.87. The minimum Gasteiger partial charge on any atom is -0.508 e. The average Bonchev–Trinajstić information content (AvgIpc) is 2.75. The van der Waals surface area contributed by atoms with Crippen molar-refractivity contribution in [3.05, 3.63) is 41.2 Å². The number of phenols is 1. The first-order valence-electron chi connectivity index (χ1n) is 6.13. The molecule has 0 saturated heterocycles. The van der Waals surface area contributed by atoms with Crippen LogP contribution in [0.4, 0.5) is 0 Å². The Kier molecular flexibility index (Phi) is 3.94. The lowest BCUT2D eigenvalue weighted by atomic mass is 10.2. The minimum absolute atomic E-state index is 0.272. The van der Waals surface area contributed by atoms with Crippen LogP contribution in [-0.2, 0) is 19.5 Å². The lowest BCUT2D eigenvalue weighted by Crippen LogP contribution is -2.08. The molecule has 1 heterocycles. The summed E-state index contributed by atoms with van der Waals surface area (Å²) in [6.45, 7) is 3.20. The molecule has 0 aliphatic rings. The van der Waals surface area contributed by atoms with Crippen molar-refractivity contribution >= 4 is 0 Å². The second-order valence-electron chi connectivity index (χ2n) is 4.26. The molecule has 96 valence electrons. The van der Waals surface area contributed by atoms with E-state index in [9.17, 15) is 5.11 Å². The van der Waals surface area contributed by atoms with Crippen LogP contribution < -0.4 is 5.73 Å². The first kappa shape index (κ1) is 12.6. The number of rotatable bonds is 5. The summed E-state index contributed by atoms with van der Waals surface area (Å²) < 4.78 is 1.89. The third-order valence-corrected chi connectivity index (χ3v) is 2.87. The molecule has 3 N–H and O–H groups in total. The van der Waals surface area contributed by atoms with Gasteiger partial charge in [0.2, 0.25) is 0 Å². The molecule has 2 aromatic rings. The van der Waals surface area contributed by atoms with Gasteiger partial charge in [-0.3, -0.25) is 0 Å². The van der Waals surface area contributed by atoms with E-state index in [1.54, 1.807) is 12.1 Å². The van der Waals surface area contributed by atoms with Gasteiger partial charge in [0.05, 0.1) is 17.9 Å². The summed E-state index contributed by atoms with van der Waals surface area (Å²) in [5.41, 5.74) is 8.72. The molecule has 0 aliphatic carbocycles. The smallest absolute Gasteiger partial charge is 0.115 e. The molecule has 0 unspecified atom stereocenters. The fraction of sp³-hybridized carbons (Fsp3) is 0.385. The predicted molar refractivity (Wildman–Crippen MR) is 69.1 cm³/mol.